The second-order valence-electron chi connectivity index (χ2n) is 4.11. The highest BCUT2D eigenvalue weighted by Crippen LogP contribution is 2.36. The molecule has 0 fully saturated rings. The number of halogens is 2. The molecule has 0 saturated carbocycles. The van der Waals surface area contributed by atoms with Crippen LogP contribution in [0.25, 0.3) is 11.5 Å². The number of aromatic nitrogens is 2. The van der Waals surface area contributed by atoms with E-state index >= 15 is 0 Å². The van der Waals surface area contributed by atoms with Crippen molar-refractivity contribution in [3.05, 3.63) is 39.2 Å². The van der Waals surface area contributed by atoms with Crippen molar-refractivity contribution < 1.29 is 9.45 Å². The van der Waals surface area contributed by atoms with Crippen LogP contribution in [0.3, 0.4) is 0 Å². The van der Waals surface area contributed by atoms with Crippen molar-refractivity contribution in [3.8, 4) is 11.5 Å². The Balaban J connectivity index is 2.45. The zero-order valence-corrected chi connectivity index (χ0v) is 12.1. The van der Waals surface area contributed by atoms with Gasteiger partial charge in [-0.1, -0.05) is 36.2 Å². The molecular weight excluding hydrogens is 305 g/mol. The molecule has 0 amide bonds. The summed E-state index contributed by atoms with van der Waals surface area (Å²) in [4.78, 5) is 14.6. The molecule has 2 rings (SSSR count). The highest BCUT2D eigenvalue weighted by molar-refractivity contribution is 6.33. The maximum atomic E-state index is 11.0. The smallest absolute Gasteiger partial charge is 0.283 e. The van der Waals surface area contributed by atoms with Gasteiger partial charge in [0.1, 0.15) is 5.56 Å². The molecule has 0 bridgehead atoms. The molecule has 0 spiro atoms. The Hall–Kier alpha value is -1.66. The molecule has 0 saturated heterocycles. The van der Waals surface area contributed by atoms with Gasteiger partial charge in [-0.2, -0.15) is 4.98 Å². The molecule has 1 atom stereocenters. The molecule has 0 aliphatic heterocycles. The number of nitro groups is 1. The second kappa shape index (κ2) is 6.19. The first kappa shape index (κ1) is 14.7. The summed E-state index contributed by atoms with van der Waals surface area (Å²) >= 11 is 12.1. The van der Waals surface area contributed by atoms with Crippen molar-refractivity contribution in [3.63, 3.8) is 0 Å². The number of nitro benzene ring substituents is 1. The summed E-state index contributed by atoms with van der Waals surface area (Å²) in [6.07, 6.45) is 1.55. The zero-order chi connectivity index (χ0) is 14.7. The molecule has 2 aromatic rings. The van der Waals surface area contributed by atoms with Crippen LogP contribution in [0.4, 0.5) is 5.69 Å². The molecule has 1 heterocycles. The van der Waals surface area contributed by atoms with Gasteiger partial charge in [-0.05, 0) is 12.5 Å². The van der Waals surface area contributed by atoms with Gasteiger partial charge >= 0.3 is 0 Å². The Morgan fingerprint density at radius 1 is 1.50 bits per heavy atom. The Labute approximate surface area is 124 Å². The van der Waals surface area contributed by atoms with E-state index in [1.54, 1.807) is 0 Å². The minimum atomic E-state index is -0.546. The van der Waals surface area contributed by atoms with Crippen molar-refractivity contribution in [2.75, 3.05) is 0 Å². The molecule has 1 aromatic heterocycles. The van der Waals surface area contributed by atoms with Crippen molar-refractivity contribution in [1.29, 1.82) is 0 Å². The summed E-state index contributed by atoms with van der Waals surface area (Å²) in [5.41, 5.74) is -0.0763. The fraction of sp³-hybridized carbons (Fsp3) is 0.333. The predicted molar refractivity (Wildman–Crippen MR) is 74.9 cm³/mol. The third-order valence-electron chi connectivity index (χ3n) is 2.67. The molecule has 0 aliphatic rings. The van der Waals surface area contributed by atoms with Crippen LogP contribution >= 0.6 is 23.2 Å². The topological polar surface area (TPSA) is 82.1 Å². The van der Waals surface area contributed by atoms with E-state index in [9.17, 15) is 10.1 Å². The SMILES string of the molecule is CCCC(Cl)c1noc(-c2c(Cl)cccc2[N+](=O)[O-])n1. The average Bonchev–Trinajstić information content (AvgIpc) is 2.88. The van der Waals surface area contributed by atoms with Crippen LogP contribution < -0.4 is 0 Å². The van der Waals surface area contributed by atoms with E-state index in [0.29, 0.717) is 12.2 Å². The molecule has 106 valence electrons. The minimum absolute atomic E-state index is 0.000877. The molecule has 1 unspecified atom stereocenters. The molecule has 0 N–H and O–H groups in total. The Morgan fingerprint density at radius 2 is 2.25 bits per heavy atom. The number of rotatable bonds is 5. The van der Waals surface area contributed by atoms with E-state index in [0.717, 1.165) is 6.42 Å². The quantitative estimate of drug-likeness (QED) is 0.464. The van der Waals surface area contributed by atoms with Gasteiger partial charge in [0.05, 0.1) is 15.3 Å². The molecule has 8 heteroatoms. The van der Waals surface area contributed by atoms with Crippen LogP contribution in [0.15, 0.2) is 22.7 Å². The summed E-state index contributed by atoms with van der Waals surface area (Å²) in [7, 11) is 0. The van der Waals surface area contributed by atoms with Gasteiger partial charge in [0, 0.05) is 6.07 Å². The van der Waals surface area contributed by atoms with E-state index in [-0.39, 0.29) is 27.5 Å². The number of hydrogen-bond acceptors (Lipinski definition) is 5. The third-order valence-corrected chi connectivity index (χ3v) is 3.39. The predicted octanol–water partition coefficient (Wildman–Crippen LogP) is 4.38. The lowest BCUT2D eigenvalue weighted by molar-refractivity contribution is -0.384. The van der Waals surface area contributed by atoms with Crippen LogP contribution in [-0.2, 0) is 0 Å². The average molecular weight is 316 g/mol. The summed E-state index contributed by atoms with van der Waals surface area (Å²) in [6, 6.07) is 4.34. The van der Waals surface area contributed by atoms with Gasteiger partial charge in [-0.25, -0.2) is 0 Å². The van der Waals surface area contributed by atoms with Crippen molar-refractivity contribution in [2.24, 2.45) is 0 Å². The van der Waals surface area contributed by atoms with Crippen molar-refractivity contribution in [1.82, 2.24) is 10.1 Å². The van der Waals surface area contributed by atoms with Crippen molar-refractivity contribution >= 4 is 28.9 Å². The number of alkyl halides is 1. The van der Waals surface area contributed by atoms with Gasteiger partial charge < -0.3 is 4.52 Å². The second-order valence-corrected chi connectivity index (χ2v) is 5.04. The monoisotopic (exact) mass is 315 g/mol. The first-order valence-electron chi connectivity index (χ1n) is 5.95. The number of hydrogen-bond donors (Lipinski definition) is 0. The van der Waals surface area contributed by atoms with E-state index in [2.05, 4.69) is 10.1 Å². The summed E-state index contributed by atoms with van der Waals surface area (Å²) in [5.74, 6) is 0.303. The van der Waals surface area contributed by atoms with E-state index in [1.165, 1.54) is 18.2 Å². The molecule has 6 nitrogen and oxygen atoms in total. The fourth-order valence-electron chi connectivity index (χ4n) is 1.72. The van der Waals surface area contributed by atoms with E-state index in [1.807, 2.05) is 6.92 Å². The zero-order valence-electron chi connectivity index (χ0n) is 10.5. The molecule has 20 heavy (non-hydrogen) atoms. The van der Waals surface area contributed by atoms with Crippen LogP contribution in [0, 0.1) is 10.1 Å². The van der Waals surface area contributed by atoms with Gasteiger partial charge in [0.25, 0.3) is 11.6 Å². The minimum Gasteiger partial charge on any atom is -0.334 e. The summed E-state index contributed by atoms with van der Waals surface area (Å²) in [6.45, 7) is 1.98. The first-order valence-corrected chi connectivity index (χ1v) is 6.77. The van der Waals surface area contributed by atoms with Crippen molar-refractivity contribution in [2.45, 2.75) is 25.1 Å². The normalized spacial score (nSPS) is 12.3. The lowest BCUT2D eigenvalue weighted by atomic mass is 10.2. The lowest BCUT2D eigenvalue weighted by Gasteiger charge is -2.01. The Kier molecular flexibility index (Phi) is 4.57. The van der Waals surface area contributed by atoms with Crippen LogP contribution in [0.1, 0.15) is 31.0 Å². The van der Waals surface area contributed by atoms with Gasteiger partial charge in [-0.15, -0.1) is 11.6 Å². The first-order chi connectivity index (χ1) is 9.54. The third kappa shape index (κ3) is 2.91. The van der Waals surface area contributed by atoms with E-state index in [4.69, 9.17) is 27.7 Å². The largest absolute Gasteiger partial charge is 0.334 e. The molecular formula is C12H11Cl2N3O3. The number of nitrogens with zero attached hydrogens (tertiary/aromatic N) is 3. The van der Waals surface area contributed by atoms with Crippen LogP contribution in [-0.4, -0.2) is 15.1 Å². The van der Waals surface area contributed by atoms with Gasteiger partial charge in [0.15, 0.2) is 5.82 Å². The highest BCUT2D eigenvalue weighted by Gasteiger charge is 2.25. The molecule has 0 radical (unpaired) electrons. The van der Waals surface area contributed by atoms with Gasteiger partial charge in [0.2, 0.25) is 0 Å². The fourth-order valence-corrected chi connectivity index (χ4v) is 2.28. The molecule has 1 aromatic carbocycles. The maximum absolute atomic E-state index is 11.0. The maximum Gasteiger partial charge on any atom is 0.283 e. The highest BCUT2D eigenvalue weighted by atomic mass is 35.5. The lowest BCUT2D eigenvalue weighted by Crippen LogP contribution is -1.94. The summed E-state index contributed by atoms with van der Waals surface area (Å²) in [5, 5.41) is 14.6. The van der Waals surface area contributed by atoms with Gasteiger partial charge in [-0.3, -0.25) is 10.1 Å². The standard InChI is InChI=1S/C12H11Cl2N3O3/c1-2-4-8(14)11-15-12(20-16-11)10-7(13)5-3-6-9(10)17(18)19/h3,5-6,8H,2,4H2,1H3. The molecule has 0 aliphatic carbocycles. The van der Waals surface area contributed by atoms with Crippen LogP contribution in [0.5, 0.6) is 0 Å². The van der Waals surface area contributed by atoms with Crippen LogP contribution in [0.2, 0.25) is 5.02 Å². The summed E-state index contributed by atoms with van der Waals surface area (Å²) < 4.78 is 5.06. The Bertz CT molecular complexity index is 630. The number of benzene rings is 1. The van der Waals surface area contributed by atoms with E-state index < -0.39 is 4.92 Å². The Morgan fingerprint density at radius 3 is 2.90 bits per heavy atom.